The molecule has 193 valence electrons. The SMILES string of the molecule is [B]=C(C)/C(C(=C)Nc1ccc(C(C)C)cc1C(/C=C(\C)C(C)(C)C)=NC)=C(/C#N)C(C)(C)CCCC. The molecule has 0 aliphatic rings. The van der Waals surface area contributed by atoms with Crippen LogP contribution in [0.4, 0.5) is 5.69 Å². The second-order valence-corrected chi connectivity index (χ2v) is 11.8. The molecule has 0 spiro atoms. The van der Waals surface area contributed by atoms with Crippen LogP contribution in [0.3, 0.4) is 0 Å². The van der Waals surface area contributed by atoms with Gasteiger partial charge in [-0.15, -0.1) is 0 Å². The van der Waals surface area contributed by atoms with Gasteiger partial charge in [0, 0.05) is 0 Å². The summed E-state index contributed by atoms with van der Waals surface area (Å²) in [5, 5.41) is 13.7. The minimum atomic E-state index is -0.307. The van der Waals surface area contributed by atoms with Gasteiger partial charge in [0.15, 0.2) is 0 Å². The monoisotopic (exact) mass is 484 g/mol. The molecule has 0 aliphatic heterocycles. The number of nitrogens with zero attached hydrogens (tertiary/aromatic N) is 2. The van der Waals surface area contributed by atoms with E-state index in [0.717, 1.165) is 36.2 Å². The first-order chi connectivity index (χ1) is 16.6. The van der Waals surface area contributed by atoms with E-state index in [4.69, 9.17) is 7.49 Å². The molecule has 0 atom stereocenters. The van der Waals surface area contributed by atoms with Gasteiger partial charge in [-0.1, -0.05) is 0 Å². The molecule has 0 amide bonds. The van der Waals surface area contributed by atoms with Crippen LogP contribution in [0.2, 0.25) is 0 Å². The molecule has 1 rings (SSSR count). The fourth-order valence-corrected chi connectivity index (χ4v) is 4.03. The van der Waals surface area contributed by atoms with E-state index < -0.39 is 0 Å². The standard InChI is InChI=1S/C32H47BN3/c1-13-14-17-32(10,11)27(20-34)30(23(5)33)24(6)36-28-16-15-25(21(2)3)19-26(28)29(35-12)18-22(4)31(7,8)9/h15-16,18-19,21,36H,6,13-14,17H2,1-5,7-12H3/b22-18+,30-27+,35-29?. The minimum absolute atomic E-state index is 0.0378. The third-order valence-corrected chi connectivity index (χ3v) is 6.94. The summed E-state index contributed by atoms with van der Waals surface area (Å²) in [5.74, 6) is 0.381. The molecule has 0 saturated carbocycles. The maximum absolute atomic E-state index is 10.2. The van der Waals surface area contributed by atoms with Crippen molar-refractivity contribution in [3.8, 4) is 6.07 Å². The van der Waals surface area contributed by atoms with Crippen molar-refractivity contribution in [1.82, 2.24) is 0 Å². The Labute approximate surface area is 222 Å². The van der Waals surface area contributed by atoms with E-state index >= 15 is 0 Å². The van der Waals surface area contributed by atoms with Crippen LogP contribution in [0.5, 0.6) is 0 Å². The first kappa shape index (κ1) is 31.4. The van der Waals surface area contributed by atoms with Gasteiger partial charge >= 0.3 is 223 Å². The van der Waals surface area contributed by atoms with Gasteiger partial charge in [-0.2, -0.15) is 0 Å². The fourth-order valence-electron chi connectivity index (χ4n) is 4.03. The average Bonchev–Trinajstić information content (AvgIpc) is 2.78. The second kappa shape index (κ2) is 13.0. The Morgan fingerprint density at radius 1 is 1.19 bits per heavy atom. The number of nitriles is 1. The molecule has 1 radical (unpaired) electrons. The van der Waals surface area contributed by atoms with Gasteiger partial charge in [-0.05, 0) is 0 Å². The van der Waals surface area contributed by atoms with Crippen molar-refractivity contribution in [2.75, 3.05) is 12.4 Å². The van der Waals surface area contributed by atoms with Gasteiger partial charge in [0.05, 0.1) is 0 Å². The Bertz CT molecular complexity index is 1100. The van der Waals surface area contributed by atoms with Crippen molar-refractivity contribution < 1.29 is 0 Å². The molecule has 36 heavy (non-hydrogen) atoms. The van der Waals surface area contributed by atoms with Crippen LogP contribution in [0.1, 0.15) is 106 Å². The molecule has 4 heteroatoms. The van der Waals surface area contributed by atoms with Crippen LogP contribution >= 0.6 is 0 Å². The van der Waals surface area contributed by atoms with Gasteiger partial charge in [0.2, 0.25) is 0 Å². The normalized spacial score (nSPS) is 13.8. The molecule has 1 aromatic rings. The van der Waals surface area contributed by atoms with Crippen molar-refractivity contribution in [2.24, 2.45) is 15.8 Å². The molecule has 0 saturated heterocycles. The molecular weight excluding hydrogens is 437 g/mol. The van der Waals surface area contributed by atoms with Crippen LogP contribution in [-0.2, 0) is 0 Å². The first-order valence-electron chi connectivity index (χ1n) is 13.1. The van der Waals surface area contributed by atoms with Crippen LogP contribution < -0.4 is 5.32 Å². The van der Waals surface area contributed by atoms with Gasteiger partial charge in [-0.25, -0.2) is 0 Å². The summed E-state index contributed by atoms with van der Waals surface area (Å²) in [6, 6.07) is 8.88. The van der Waals surface area contributed by atoms with E-state index in [1.807, 2.05) is 14.0 Å². The van der Waals surface area contributed by atoms with E-state index in [9.17, 15) is 5.26 Å². The second-order valence-electron chi connectivity index (χ2n) is 11.8. The summed E-state index contributed by atoms with van der Waals surface area (Å²) in [4.78, 5) is 4.66. The summed E-state index contributed by atoms with van der Waals surface area (Å²) in [6.45, 7) is 25.7. The number of unbranched alkanes of at least 4 members (excludes halogenated alkanes) is 1. The summed E-state index contributed by atoms with van der Waals surface area (Å²) in [5.41, 5.74) is 7.60. The quantitative estimate of drug-likeness (QED) is 0.148. The van der Waals surface area contributed by atoms with Gasteiger partial charge in [0.1, 0.15) is 0 Å². The number of hydrogen-bond acceptors (Lipinski definition) is 3. The number of allylic oxidation sites excluding steroid dienone is 4. The zero-order chi connectivity index (χ0) is 27.8. The van der Waals surface area contributed by atoms with Gasteiger partial charge in [-0.3, -0.25) is 0 Å². The number of anilines is 1. The van der Waals surface area contributed by atoms with E-state index in [1.54, 1.807) is 0 Å². The summed E-state index contributed by atoms with van der Waals surface area (Å²) in [6.07, 6.45) is 5.20. The van der Waals surface area contributed by atoms with E-state index in [-0.39, 0.29) is 10.8 Å². The number of hydrogen-bond donors (Lipinski definition) is 1. The molecule has 1 aromatic carbocycles. The topological polar surface area (TPSA) is 48.2 Å². The Morgan fingerprint density at radius 3 is 2.25 bits per heavy atom. The van der Waals surface area contributed by atoms with E-state index in [2.05, 4.69) is 110 Å². The molecule has 0 aromatic heterocycles. The molecule has 0 heterocycles. The van der Waals surface area contributed by atoms with Crippen LogP contribution in [-0.4, -0.2) is 25.7 Å². The molecule has 0 bridgehead atoms. The van der Waals surface area contributed by atoms with Crippen LogP contribution in [0.25, 0.3) is 0 Å². The molecule has 0 unspecified atom stereocenters. The predicted molar refractivity (Wildman–Crippen MR) is 161 cm³/mol. The first-order valence-corrected chi connectivity index (χ1v) is 13.1. The number of benzene rings is 1. The molecule has 0 fully saturated rings. The molecule has 1 N–H and O–H groups in total. The number of aliphatic imine (C=N–C) groups is 1. The molecular formula is C32H47BN3. The summed E-state index contributed by atoms with van der Waals surface area (Å²) >= 11 is 0. The van der Waals surface area contributed by atoms with Crippen molar-refractivity contribution in [2.45, 2.75) is 94.4 Å². The predicted octanol–water partition coefficient (Wildman–Crippen LogP) is 8.54. The summed E-state index contributed by atoms with van der Waals surface area (Å²) in [7, 11) is 8.20. The zero-order valence-electron chi connectivity index (χ0n) is 24.7. The fraction of sp³-hybridized carbons (Fsp3) is 0.531. The third kappa shape index (κ3) is 8.19. The Kier molecular flexibility index (Phi) is 11.4. The Balaban J connectivity index is 3.71. The number of rotatable bonds is 11. The van der Waals surface area contributed by atoms with Gasteiger partial charge < -0.3 is 0 Å². The molecule has 3 nitrogen and oxygen atoms in total. The number of nitrogens with one attached hydrogen (secondary N) is 1. The van der Waals surface area contributed by atoms with Crippen LogP contribution in [0.15, 0.2) is 58.3 Å². The van der Waals surface area contributed by atoms with Crippen LogP contribution in [0, 0.1) is 22.2 Å². The van der Waals surface area contributed by atoms with Crippen molar-refractivity contribution in [3.05, 3.63) is 64.4 Å². The van der Waals surface area contributed by atoms with Crippen molar-refractivity contribution in [3.63, 3.8) is 0 Å². The summed E-state index contributed by atoms with van der Waals surface area (Å²) < 4.78 is 0. The molecule has 0 aliphatic carbocycles. The van der Waals surface area contributed by atoms with Crippen molar-refractivity contribution in [1.29, 1.82) is 5.26 Å². The van der Waals surface area contributed by atoms with Gasteiger partial charge in [0.25, 0.3) is 0 Å². The zero-order valence-corrected chi connectivity index (χ0v) is 24.7. The van der Waals surface area contributed by atoms with Crippen molar-refractivity contribution >= 4 is 24.4 Å². The Hall–Kier alpha value is -2.67. The Morgan fingerprint density at radius 2 is 1.81 bits per heavy atom. The van der Waals surface area contributed by atoms with E-state index in [0.29, 0.717) is 28.2 Å². The van der Waals surface area contributed by atoms with E-state index in [1.165, 1.54) is 11.1 Å². The average molecular weight is 485 g/mol. The third-order valence-electron chi connectivity index (χ3n) is 6.94. The maximum atomic E-state index is 10.2.